The maximum Gasteiger partial charge on any atom is 0.182 e. The van der Waals surface area contributed by atoms with Crippen molar-refractivity contribution in [1.29, 1.82) is 10.5 Å². The van der Waals surface area contributed by atoms with Crippen molar-refractivity contribution >= 4 is 43.6 Å². The summed E-state index contributed by atoms with van der Waals surface area (Å²) < 4.78 is 6.51. The van der Waals surface area contributed by atoms with E-state index in [2.05, 4.69) is 137 Å². The molecule has 0 N–H and O–H groups in total. The summed E-state index contributed by atoms with van der Waals surface area (Å²) in [5.74, 6) is 1.21. The summed E-state index contributed by atoms with van der Waals surface area (Å²) in [6, 6.07) is 59.8. The number of aromatic nitrogens is 5. The Morgan fingerprint density at radius 1 is 0.415 bits per heavy atom. The average molecular weight is 678 g/mol. The quantitative estimate of drug-likeness (QED) is 0.181. The molecule has 0 fully saturated rings. The topological polar surface area (TPSA) is 88.1 Å². The smallest absolute Gasteiger partial charge is 0.182 e. The van der Waals surface area contributed by atoms with Crippen LogP contribution in [0, 0.1) is 22.7 Å². The number of rotatable bonds is 5. The maximum atomic E-state index is 9.44. The predicted molar refractivity (Wildman–Crippen MR) is 210 cm³/mol. The minimum Gasteiger partial charge on any atom is -0.309 e. The zero-order chi connectivity index (χ0) is 35.5. The van der Waals surface area contributed by atoms with Crippen LogP contribution >= 0.6 is 0 Å². The lowest BCUT2D eigenvalue weighted by atomic mass is 10.1. The molecule has 0 aliphatic heterocycles. The molecule has 3 heterocycles. The van der Waals surface area contributed by atoms with E-state index >= 15 is 0 Å². The van der Waals surface area contributed by atoms with Crippen LogP contribution in [-0.4, -0.2) is 23.9 Å². The van der Waals surface area contributed by atoms with E-state index in [1.54, 1.807) is 24.3 Å². The van der Waals surface area contributed by atoms with Crippen molar-refractivity contribution in [2.45, 2.75) is 0 Å². The van der Waals surface area contributed by atoms with Crippen molar-refractivity contribution in [1.82, 2.24) is 23.9 Å². The molecule has 3 aromatic heterocycles. The highest BCUT2D eigenvalue weighted by Crippen LogP contribution is 2.37. The van der Waals surface area contributed by atoms with Gasteiger partial charge in [-0.15, -0.1) is 5.10 Å². The summed E-state index contributed by atoms with van der Waals surface area (Å²) in [7, 11) is 0. The van der Waals surface area contributed by atoms with Crippen LogP contribution in [0.2, 0.25) is 0 Å². The lowest BCUT2D eigenvalue weighted by Gasteiger charge is -2.13. The second kappa shape index (κ2) is 11.9. The van der Waals surface area contributed by atoms with E-state index in [0.29, 0.717) is 22.8 Å². The molecule has 10 aromatic rings. The molecule has 7 heteroatoms. The molecule has 0 amide bonds. The Morgan fingerprint density at radius 3 is 1.47 bits per heavy atom. The fraction of sp³-hybridized carbons (Fsp3) is 0. The van der Waals surface area contributed by atoms with Crippen molar-refractivity contribution in [2.75, 3.05) is 0 Å². The molecule has 0 unspecified atom stereocenters. The second-order valence-corrected chi connectivity index (χ2v) is 13.0. The lowest BCUT2D eigenvalue weighted by Crippen LogP contribution is -2.00. The Kier molecular flexibility index (Phi) is 6.79. The molecule has 0 aliphatic rings. The molecule has 0 saturated heterocycles. The Labute approximate surface area is 304 Å². The van der Waals surface area contributed by atoms with Gasteiger partial charge in [-0.2, -0.15) is 10.5 Å². The average Bonchev–Trinajstić information content (AvgIpc) is 3.92. The minimum atomic E-state index is 0.540. The van der Waals surface area contributed by atoms with Crippen molar-refractivity contribution in [3.8, 4) is 52.0 Å². The van der Waals surface area contributed by atoms with Gasteiger partial charge in [0.2, 0.25) is 0 Å². The van der Waals surface area contributed by atoms with Gasteiger partial charge in [0.15, 0.2) is 11.6 Å². The molecule has 0 aliphatic carbocycles. The summed E-state index contributed by atoms with van der Waals surface area (Å²) in [5, 5.41) is 28.4. The van der Waals surface area contributed by atoms with Gasteiger partial charge in [0.1, 0.15) is 0 Å². The zero-order valence-corrected chi connectivity index (χ0v) is 28.2. The molecule has 246 valence electrons. The van der Waals surface area contributed by atoms with Crippen LogP contribution < -0.4 is 0 Å². The summed E-state index contributed by atoms with van der Waals surface area (Å²) in [6.07, 6.45) is 0. The van der Waals surface area contributed by atoms with Crippen LogP contribution in [0.25, 0.3) is 83.4 Å². The van der Waals surface area contributed by atoms with Crippen LogP contribution in [0.1, 0.15) is 11.1 Å². The number of hydrogen-bond acceptors (Lipinski definition) is 4. The van der Waals surface area contributed by atoms with Crippen molar-refractivity contribution in [2.24, 2.45) is 0 Å². The monoisotopic (exact) mass is 677 g/mol. The van der Waals surface area contributed by atoms with Gasteiger partial charge in [-0.05, 0) is 103 Å². The van der Waals surface area contributed by atoms with Gasteiger partial charge in [0.25, 0.3) is 0 Å². The third-order valence-corrected chi connectivity index (χ3v) is 9.98. The molecule has 53 heavy (non-hydrogen) atoms. The molecule has 10 rings (SSSR count). The van der Waals surface area contributed by atoms with E-state index in [1.165, 1.54) is 21.8 Å². The Morgan fingerprint density at radius 2 is 0.906 bits per heavy atom. The molecule has 0 spiro atoms. The predicted octanol–water partition coefficient (Wildman–Crippen LogP) is 10.5. The fourth-order valence-corrected chi connectivity index (χ4v) is 7.53. The summed E-state index contributed by atoms with van der Waals surface area (Å²) >= 11 is 0. The molecule has 0 radical (unpaired) electrons. The van der Waals surface area contributed by atoms with Crippen molar-refractivity contribution in [3.63, 3.8) is 0 Å². The van der Waals surface area contributed by atoms with E-state index < -0.39 is 0 Å². The molecule has 0 saturated carbocycles. The Hall–Kier alpha value is -7.74. The summed E-state index contributed by atoms with van der Waals surface area (Å²) in [5.41, 5.74) is 10.3. The second-order valence-electron chi connectivity index (χ2n) is 13.0. The van der Waals surface area contributed by atoms with Crippen LogP contribution in [-0.2, 0) is 0 Å². The first kappa shape index (κ1) is 30.1. The van der Waals surface area contributed by atoms with E-state index in [0.717, 1.165) is 50.0 Å². The number of nitriles is 2. The summed E-state index contributed by atoms with van der Waals surface area (Å²) in [6.45, 7) is 0. The Bertz CT molecular complexity index is 3070. The van der Waals surface area contributed by atoms with E-state index in [9.17, 15) is 10.5 Å². The summed E-state index contributed by atoms with van der Waals surface area (Å²) in [4.78, 5) is 5.06. The molecule has 7 nitrogen and oxygen atoms in total. The largest absolute Gasteiger partial charge is 0.309 e. The third kappa shape index (κ3) is 4.80. The zero-order valence-electron chi connectivity index (χ0n) is 28.2. The normalized spacial score (nSPS) is 11.4. The third-order valence-electron chi connectivity index (χ3n) is 9.98. The van der Waals surface area contributed by atoms with Gasteiger partial charge in [0, 0.05) is 44.0 Å². The number of benzene rings is 7. The van der Waals surface area contributed by atoms with E-state index in [1.807, 2.05) is 28.9 Å². The van der Waals surface area contributed by atoms with Crippen LogP contribution in [0.4, 0.5) is 0 Å². The molecule has 0 bridgehead atoms. The number of para-hydroxylation sites is 3. The fourth-order valence-electron chi connectivity index (χ4n) is 7.53. The Balaban J connectivity index is 1.15. The van der Waals surface area contributed by atoms with E-state index in [4.69, 9.17) is 10.1 Å². The highest BCUT2D eigenvalue weighted by Gasteiger charge is 2.19. The first-order valence-electron chi connectivity index (χ1n) is 17.3. The first-order chi connectivity index (χ1) is 26.2. The van der Waals surface area contributed by atoms with E-state index in [-0.39, 0.29) is 0 Å². The van der Waals surface area contributed by atoms with Gasteiger partial charge in [0.05, 0.1) is 51.0 Å². The minimum absolute atomic E-state index is 0.540. The van der Waals surface area contributed by atoms with Crippen LogP contribution in [0.15, 0.2) is 164 Å². The van der Waals surface area contributed by atoms with Crippen molar-refractivity contribution in [3.05, 3.63) is 175 Å². The molecule has 0 atom stereocenters. The van der Waals surface area contributed by atoms with Crippen molar-refractivity contribution < 1.29 is 0 Å². The molecular weight excluding hydrogens is 651 g/mol. The lowest BCUT2D eigenvalue weighted by molar-refractivity contribution is 0.890. The number of fused-ring (bicyclic) bond motifs is 6. The van der Waals surface area contributed by atoms with Gasteiger partial charge >= 0.3 is 0 Å². The number of hydrogen-bond donors (Lipinski definition) is 0. The first-order valence-corrected chi connectivity index (χ1v) is 17.3. The van der Waals surface area contributed by atoms with Gasteiger partial charge in [-0.3, -0.25) is 0 Å². The SMILES string of the molecule is N#Cc1ccc(-c2nc(-c3ccc4c(c3)c3ccccc3n4-c3cccc(-n4c5ccccc5c5ccccc54)c3)n(-c3ccc(C#N)cc3)n2)cc1. The molecule has 7 aromatic carbocycles. The number of nitrogens with zero attached hydrogens (tertiary/aromatic N) is 7. The standard InChI is InChI=1S/C46H27N7/c47-28-30-16-20-32(21-17-30)45-49-46(53(50-45)34-23-18-31(29-48)19-24-34)33-22-25-44-40(26-33)39-12-3-6-15-43(39)52(44)36-9-7-8-35(27-36)51-41-13-4-1-10-37(41)38-11-2-5-14-42(38)51/h1-27H. The van der Waals surface area contributed by atoms with Crippen LogP contribution in [0.5, 0.6) is 0 Å². The molecular formula is C46H27N7. The highest BCUT2D eigenvalue weighted by molar-refractivity contribution is 6.11. The van der Waals surface area contributed by atoms with Gasteiger partial charge < -0.3 is 9.13 Å². The van der Waals surface area contributed by atoms with Gasteiger partial charge in [-0.25, -0.2) is 9.67 Å². The van der Waals surface area contributed by atoms with Gasteiger partial charge in [-0.1, -0.05) is 60.7 Å². The van der Waals surface area contributed by atoms with Crippen LogP contribution in [0.3, 0.4) is 0 Å². The highest BCUT2D eigenvalue weighted by atomic mass is 15.4. The maximum absolute atomic E-state index is 9.44.